The van der Waals surface area contributed by atoms with Gasteiger partial charge in [0.25, 0.3) is 0 Å². The van der Waals surface area contributed by atoms with E-state index in [0.29, 0.717) is 13.2 Å². The predicted octanol–water partition coefficient (Wildman–Crippen LogP) is 3.18. The highest BCUT2D eigenvalue weighted by molar-refractivity contribution is 5.27. The van der Waals surface area contributed by atoms with Crippen LogP contribution in [0.4, 0.5) is 13.2 Å². The lowest BCUT2D eigenvalue weighted by Crippen LogP contribution is -2.27. The van der Waals surface area contributed by atoms with Gasteiger partial charge in [0.15, 0.2) is 5.69 Å². The minimum atomic E-state index is -4.40. The van der Waals surface area contributed by atoms with Gasteiger partial charge < -0.3 is 4.74 Å². The maximum Gasteiger partial charge on any atom is 0.435 e. The minimum absolute atomic E-state index is 0.271. The molecule has 0 aliphatic heterocycles. The van der Waals surface area contributed by atoms with Crippen molar-refractivity contribution < 1.29 is 17.9 Å². The van der Waals surface area contributed by atoms with Crippen molar-refractivity contribution in [1.82, 2.24) is 14.7 Å². The third-order valence-electron chi connectivity index (χ3n) is 3.05. The second-order valence-corrected chi connectivity index (χ2v) is 5.12. The van der Waals surface area contributed by atoms with E-state index < -0.39 is 11.9 Å². The fraction of sp³-hybridized carbons (Fsp3) is 0.400. The van der Waals surface area contributed by atoms with Gasteiger partial charge in [-0.15, -0.1) is 0 Å². The van der Waals surface area contributed by atoms with Crippen LogP contribution >= 0.6 is 0 Å². The summed E-state index contributed by atoms with van der Waals surface area (Å²) >= 11 is 0. The van der Waals surface area contributed by atoms with Gasteiger partial charge in [0.05, 0.1) is 6.67 Å². The highest BCUT2D eigenvalue weighted by Crippen LogP contribution is 2.27. The Hall–Kier alpha value is -2.02. The van der Waals surface area contributed by atoms with Gasteiger partial charge in [-0.05, 0) is 37.7 Å². The van der Waals surface area contributed by atoms with Crippen LogP contribution in [0.2, 0.25) is 0 Å². The first-order valence-electron chi connectivity index (χ1n) is 6.83. The molecular formula is C15H18F3N3O. The van der Waals surface area contributed by atoms with Crippen LogP contribution in [-0.4, -0.2) is 34.9 Å². The lowest BCUT2D eigenvalue weighted by atomic mass is 10.2. The molecule has 0 spiro atoms. The van der Waals surface area contributed by atoms with Gasteiger partial charge in [-0.2, -0.15) is 18.3 Å². The van der Waals surface area contributed by atoms with Crippen LogP contribution in [0.1, 0.15) is 11.3 Å². The molecule has 0 N–H and O–H groups in total. The van der Waals surface area contributed by atoms with Crippen LogP contribution in [0, 0.1) is 6.92 Å². The minimum Gasteiger partial charge on any atom is -0.492 e. The normalized spacial score (nSPS) is 11.9. The summed E-state index contributed by atoms with van der Waals surface area (Å²) in [6.45, 7) is 3.28. The zero-order valence-corrected chi connectivity index (χ0v) is 12.5. The van der Waals surface area contributed by atoms with Gasteiger partial charge in [0.2, 0.25) is 0 Å². The summed E-state index contributed by atoms with van der Waals surface area (Å²) in [6.07, 6.45) is -3.08. The Balaban J connectivity index is 1.78. The molecule has 0 amide bonds. The molecule has 2 aromatic rings. The molecule has 0 aliphatic rings. The fourth-order valence-corrected chi connectivity index (χ4v) is 1.93. The summed E-state index contributed by atoms with van der Waals surface area (Å²) in [6, 6.07) is 8.67. The molecule has 120 valence electrons. The van der Waals surface area contributed by atoms with Crippen molar-refractivity contribution in [2.75, 3.05) is 20.2 Å². The molecule has 1 aromatic carbocycles. The number of hydrogen-bond donors (Lipinski definition) is 0. The van der Waals surface area contributed by atoms with Gasteiger partial charge in [-0.1, -0.05) is 12.1 Å². The van der Waals surface area contributed by atoms with Gasteiger partial charge in [-0.25, -0.2) is 0 Å². The number of hydrogen-bond acceptors (Lipinski definition) is 3. The van der Waals surface area contributed by atoms with Crippen molar-refractivity contribution >= 4 is 0 Å². The van der Waals surface area contributed by atoms with Crippen LogP contribution in [-0.2, 0) is 12.8 Å². The summed E-state index contributed by atoms with van der Waals surface area (Å²) in [7, 11) is 1.80. The van der Waals surface area contributed by atoms with Crippen molar-refractivity contribution in [3.8, 4) is 5.75 Å². The van der Waals surface area contributed by atoms with E-state index in [9.17, 15) is 13.2 Å². The molecule has 1 heterocycles. The summed E-state index contributed by atoms with van der Waals surface area (Å²) in [4.78, 5) is 1.84. The first-order chi connectivity index (χ1) is 10.3. The number of nitrogens with zero attached hydrogens (tertiary/aromatic N) is 3. The van der Waals surface area contributed by atoms with Gasteiger partial charge >= 0.3 is 6.18 Å². The molecular weight excluding hydrogens is 295 g/mol. The second kappa shape index (κ2) is 6.83. The Bertz CT molecular complexity index is 610. The van der Waals surface area contributed by atoms with Crippen LogP contribution in [0.5, 0.6) is 5.75 Å². The van der Waals surface area contributed by atoms with Gasteiger partial charge in [0, 0.05) is 12.7 Å². The molecule has 0 aliphatic carbocycles. The summed E-state index contributed by atoms with van der Waals surface area (Å²) in [5.74, 6) is 0.784. The van der Waals surface area contributed by atoms with E-state index in [0.717, 1.165) is 17.4 Å². The molecule has 0 atom stereocenters. The van der Waals surface area contributed by atoms with Crippen LogP contribution < -0.4 is 4.74 Å². The van der Waals surface area contributed by atoms with Crippen LogP contribution in [0.3, 0.4) is 0 Å². The van der Waals surface area contributed by atoms with Gasteiger partial charge in [-0.3, -0.25) is 9.58 Å². The smallest absolute Gasteiger partial charge is 0.435 e. The number of ether oxygens (including phenoxy) is 1. The number of aromatic nitrogens is 2. The van der Waals surface area contributed by atoms with E-state index in [4.69, 9.17) is 4.74 Å². The van der Waals surface area contributed by atoms with E-state index in [-0.39, 0.29) is 6.67 Å². The van der Waals surface area contributed by atoms with E-state index in [1.807, 2.05) is 36.1 Å². The third-order valence-corrected chi connectivity index (χ3v) is 3.05. The van der Waals surface area contributed by atoms with E-state index >= 15 is 0 Å². The molecule has 4 nitrogen and oxygen atoms in total. The molecule has 0 radical (unpaired) electrons. The monoisotopic (exact) mass is 313 g/mol. The van der Waals surface area contributed by atoms with Crippen molar-refractivity contribution in [2.45, 2.75) is 19.8 Å². The molecule has 0 saturated heterocycles. The average molecular weight is 313 g/mol. The summed E-state index contributed by atoms with van der Waals surface area (Å²) in [5.41, 5.74) is 0.235. The maximum atomic E-state index is 12.5. The lowest BCUT2D eigenvalue weighted by Gasteiger charge is -2.17. The molecule has 22 heavy (non-hydrogen) atoms. The Morgan fingerprint density at radius 1 is 1.27 bits per heavy atom. The van der Waals surface area contributed by atoms with Crippen molar-refractivity contribution in [3.63, 3.8) is 0 Å². The van der Waals surface area contributed by atoms with Crippen LogP contribution in [0.15, 0.2) is 36.5 Å². The zero-order valence-electron chi connectivity index (χ0n) is 12.5. The molecule has 0 fully saturated rings. The van der Waals surface area contributed by atoms with E-state index in [2.05, 4.69) is 5.10 Å². The van der Waals surface area contributed by atoms with Crippen molar-refractivity contribution in [1.29, 1.82) is 0 Å². The summed E-state index contributed by atoms with van der Waals surface area (Å²) in [5, 5.41) is 3.51. The number of aryl methyl sites for hydroxylation is 1. The molecule has 0 saturated carbocycles. The highest BCUT2D eigenvalue weighted by atomic mass is 19.4. The number of benzene rings is 1. The van der Waals surface area contributed by atoms with E-state index in [1.54, 1.807) is 7.05 Å². The number of halogens is 3. The Labute approximate surface area is 127 Å². The molecule has 7 heteroatoms. The number of alkyl halides is 3. The topological polar surface area (TPSA) is 30.3 Å². The fourth-order valence-electron chi connectivity index (χ4n) is 1.93. The van der Waals surface area contributed by atoms with Crippen molar-refractivity contribution in [3.05, 3.63) is 47.8 Å². The summed E-state index contributed by atoms with van der Waals surface area (Å²) < 4.78 is 44.2. The first-order valence-corrected chi connectivity index (χ1v) is 6.83. The highest BCUT2D eigenvalue weighted by Gasteiger charge is 2.33. The number of likely N-dealkylation sites (N-methyl/N-ethyl adjacent to an activating group) is 1. The van der Waals surface area contributed by atoms with E-state index in [1.165, 1.54) is 10.9 Å². The first kappa shape index (κ1) is 16.4. The third kappa shape index (κ3) is 4.77. The molecule has 0 unspecified atom stereocenters. The lowest BCUT2D eigenvalue weighted by molar-refractivity contribution is -0.141. The Kier molecular flexibility index (Phi) is 5.07. The SMILES string of the molecule is Cc1cccc(OCCN(C)Cn2ccc(C(F)(F)F)n2)c1. The van der Waals surface area contributed by atoms with Crippen molar-refractivity contribution in [2.24, 2.45) is 0 Å². The number of rotatable bonds is 6. The standard InChI is InChI=1S/C15H18F3N3O/c1-12-4-3-5-13(10-12)22-9-8-20(2)11-21-7-6-14(19-21)15(16,17)18/h3-7,10H,8-9,11H2,1-2H3. The zero-order chi connectivity index (χ0) is 16.2. The Morgan fingerprint density at radius 2 is 2.05 bits per heavy atom. The molecule has 2 rings (SSSR count). The quantitative estimate of drug-likeness (QED) is 0.820. The van der Waals surface area contributed by atoms with Gasteiger partial charge in [0.1, 0.15) is 12.4 Å². The molecule has 1 aromatic heterocycles. The predicted molar refractivity (Wildman–Crippen MR) is 76.5 cm³/mol. The largest absolute Gasteiger partial charge is 0.492 e. The molecule has 0 bridgehead atoms. The Morgan fingerprint density at radius 3 is 2.68 bits per heavy atom. The van der Waals surface area contributed by atoms with Crippen LogP contribution in [0.25, 0.3) is 0 Å². The average Bonchev–Trinajstić information content (AvgIpc) is 2.87. The maximum absolute atomic E-state index is 12.5. The second-order valence-electron chi connectivity index (χ2n) is 5.12.